The van der Waals surface area contributed by atoms with E-state index < -0.39 is 41.1 Å². The SMILES string of the molecule is Fc1ccccc1-c1ccncc1CN1C(c2ccsc2)=NOC1c1cc(C(F)(F)F)cc(C(F)(F)F)c1. The van der Waals surface area contributed by atoms with Gasteiger partial charge in [-0.25, -0.2) is 4.39 Å². The summed E-state index contributed by atoms with van der Waals surface area (Å²) in [5.41, 5.74) is -1.61. The Kier molecular flexibility index (Phi) is 6.59. The second kappa shape index (κ2) is 9.75. The van der Waals surface area contributed by atoms with E-state index in [1.807, 2.05) is 0 Å². The number of nitrogens with zero attached hydrogens (tertiary/aromatic N) is 3. The largest absolute Gasteiger partial charge is 0.416 e. The van der Waals surface area contributed by atoms with Crippen LogP contribution in [-0.2, 0) is 23.7 Å². The molecule has 0 N–H and O–H groups in total. The minimum absolute atomic E-state index is 0.0564. The molecule has 0 saturated heterocycles. The highest BCUT2D eigenvalue weighted by Gasteiger charge is 2.40. The first-order valence-corrected chi connectivity index (χ1v) is 12.0. The molecule has 0 fully saturated rings. The van der Waals surface area contributed by atoms with Crippen molar-refractivity contribution < 1.29 is 35.6 Å². The number of hydrogen-bond donors (Lipinski definition) is 0. The highest BCUT2D eigenvalue weighted by Crippen LogP contribution is 2.41. The normalized spacial score (nSPS) is 15.9. The molecule has 1 atom stereocenters. The average Bonchev–Trinajstić information content (AvgIpc) is 3.54. The van der Waals surface area contributed by atoms with Crippen molar-refractivity contribution in [1.29, 1.82) is 0 Å². The van der Waals surface area contributed by atoms with Crippen LogP contribution in [0, 0.1) is 5.82 Å². The van der Waals surface area contributed by atoms with Crippen molar-refractivity contribution in [3.8, 4) is 11.1 Å². The highest BCUT2D eigenvalue weighted by molar-refractivity contribution is 7.08. The predicted molar refractivity (Wildman–Crippen MR) is 126 cm³/mol. The lowest BCUT2D eigenvalue weighted by Gasteiger charge is -2.27. The standard InChI is InChI=1S/C26H16F7N3OS/c27-22-4-2-1-3-21(22)20-5-7-34-12-17(20)13-36-23(15-6-8-38-14-15)35-37-24(36)16-9-18(25(28,29)30)11-19(10-16)26(31,32)33/h1-12,14,24H,13H2. The summed E-state index contributed by atoms with van der Waals surface area (Å²) in [6, 6.07) is 10.6. The van der Waals surface area contributed by atoms with Crippen molar-refractivity contribution in [3.05, 3.63) is 111 Å². The van der Waals surface area contributed by atoms with Crippen LogP contribution in [0.4, 0.5) is 30.7 Å². The van der Waals surface area contributed by atoms with Crippen LogP contribution in [0.2, 0.25) is 0 Å². The van der Waals surface area contributed by atoms with E-state index in [1.165, 1.54) is 40.8 Å². The van der Waals surface area contributed by atoms with Crippen molar-refractivity contribution in [2.45, 2.75) is 25.1 Å². The third kappa shape index (κ3) is 5.08. The zero-order valence-electron chi connectivity index (χ0n) is 19.1. The van der Waals surface area contributed by atoms with Gasteiger partial charge in [0.05, 0.1) is 17.7 Å². The van der Waals surface area contributed by atoms with Crippen LogP contribution in [0.3, 0.4) is 0 Å². The number of oxime groups is 1. The molecular weight excluding hydrogens is 535 g/mol. The van der Waals surface area contributed by atoms with Crippen LogP contribution >= 0.6 is 11.3 Å². The molecule has 196 valence electrons. The minimum Gasteiger partial charge on any atom is -0.363 e. The van der Waals surface area contributed by atoms with Crippen molar-refractivity contribution in [2.75, 3.05) is 0 Å². The van der Waals surface area contributed by atoms with E-state index in [-0.39, 0.29) is 24.0 Å². The molecule has 0 bridgehead atoms. The highest BCUT2D eigenvalue weighted by atomic mass is 32.1. The molecule has 2 aromatic heterocycles. The van der Waals surface area contributed by atoms with Crippen molar-refractivity contribution >= 4 is 17.2 Å². The van der Waals surface area contributed by atoms with Crippen LogP contribution in [0.1, 0.15) is 34.0 Å². The fourth-order valence-corrected chi connectivity index (χ4v) is 4.76. The fourth-order valence-electron chi connectivity index (χ4n) is 4.13. The number of benzene rings is 2. The van der Waals surface area contributed by atoms with E-state index in [1.54, 1.807) is 35.0 Å². The van der Waals surface area contributed by atoms with E-state index in [0.29, 0.717) is 28.8 Å². The maximum atomic E-state index is 14.6. The molecule has 12 heteroatoms. The second-order valence-electron chi connectivity index (χ2n) is 8.36. The predicted octanol–water partition coefficient (Wildman–Crippen LogP) is 7.88. The summed E-state index contributed by atoms with van der Waals surface area (Å²) in [7, 11) is 0. The molecule has 0 amide bonds. The van der Waals surface area contributed by atoms with Crippen molar-refractivity contribution in [1.82, 2.24) is 9.88 Å². The van der Waals surface area contributed by atoms with E-state index >= 15 is 0 Å². The van der Waals surface area contributed by atoms with Gasteiger partial charge in [0, 0.05) is 34.5 Å². The third-order valence-corrected chi connectivity index (χ3v) is 6.56. The Morgan fingerprint density at radius 1 is 0.895 bits per heavy atom. The number of hydrogen-bond acceptors (Lipinski definition) is 5. The van der Waals surface area contributed by atoms with Crippen LogP contribution in [0.25, 0.3) is 11.1 Å². The maximum Gasteiger partial charge on any atom is 0.416 e. The third-order valence-electron chi connectivity index (χ3n) is 5.88. The summed E-state index contributed by atoms with van der Waals surface area (Å²) < 4.78 is 95.9. The maximum absolute atomic E-state index is 14.6. The summed E-state index contributed by atoms with van der Waals surface area (Å²) in [5.74, 6) is -0.306. The average molecular weight is 551 g/mol. The number of pyridine rings is 1. The number of alkyl halides is 6. The number of amidine groups is 1. The molecule has 4 nitrogen and oxygen atoms in total. The summed E-state index contributed by atoms with van der Waals surface area (Å²) in [6.45, 7) is -0.103. The summed E-state index contributed by atoms with van der Waals surface area (Å²) in [6.07, 6.45) is -8.58. The molecule has 38 heavy (non-hydrogen) atoms. The Morgan fingerprint density at radius 2 is 1.61 bits per heavy atom. The molecule has 1 aliphatic heterocycles. The Morgan fingerprint density at radius 3 is 2.24 bits per heavy atom. The summed E-state index contributed by atoms with van der Waals surface area (Å²) >= 11 is 1.32. The Balaban J connectivity index is 1.62. The second-order valence-corrected chi connectivity index (χ2v) is 9.14. The van der Waals surface area contributed by atoms with Gasteiger partial charge < -0.3 is 9.74 Å². The molecule has 3 heterocycles. The Bertz CT molecular complexity index is 1450. The smallest absolute Gasteiger partial charge is 0.363 e. The van der Waals surface area contributed by atoms with Crippen LogP contribution in [0.5, 0.6) is 0 Å². The number of thiophene rings is 1. The lowest BCUT2D eigenvalue weighted by molar-refractivity contribution is -0.143. The van der Waals surface area contributed by atoms with Gasteiger partial charge in [-0.05, 0) is 52.9 Å². The van der Waals surface area contributed by atoms with Gasteiger partial charge in [-0.1, -0.05) is 23.4 Å². The van der Waals surface area contributed by atoms with Crippen molar-refractivity contribution in [2.24, 2.45) is 5.16 Å². The van der Waals surface area contributed by atoms with Crippen LogP contribution in [-0.4, -0.2) is 15.7 Å². The van der Waals surface area contributed by atoms with Crippen LogP contribution in [0.15, 0.2) is 82.9 Å². The number of rotatable bonds is 5. The molecule has 1 unspecified atom stereocenters. The first-order valence-electron chi connectivity index (χ1n) is 11.0. The molecule has 0 aliphatic carbocycles. The number of aromatic nitrogens is 1. The van der Waals surface area contributed by atoms with E-state index in [2.05, 4.69) is 10.1 Å². The summed E-state index contributed by atoms with van der Waals surface area (Å²) in [5, 5.41) is 7.46. The van der Waals surface area contributed by atoms with Crippen LogP contribution < -0.4 is 0 Å². The molecule has 4 aromatic rings. The monoisotopic (exact) mass is 551 g/mol. The Labute approximate surface area is 215 Å². The minimum atomic E-state index is -5.03. The van der Waals surface area contributed by atoms with E-state index in [9.17, 15) is 30.7 Å². The van der Waals surface area contributed by atoms with Gasteiger partial charge in [0.2, 0.25) is 6.23 Å². The first-order chi connectivity index (χ1) is 18.0. The van der Waals surface area contributed by atoms with Gasteiger partial charge >= 0.3 is 12.4 Å². The van der Waals surface area contributed by atoms with Gasteiger partial charge in [0.15, 0.2) is 5.84 Å². The van der Waals surface area contributed by atoms with Gasteiger partial charge in [-0.3, -0.25) is 4.98 Å². The molecular formula is C26H16F7N3OS. The van der Waals surface area contributed by atoms with Gasteiger partial charge in [0.1, 0.15) is 5.82 Å². The van der Waals surface area contributed by atoms with Gasteiger partial charge in [0.25, 0.3) is 0 Å². The molecule has 5 rings (SSSR count). The van der Waals surface area contributed by atoms with Gasteiger partial charge in [-0.15, -0.1) is 0 Å². The van der Waals surface area contributed by atoms with E-state index in [4.69, 9.17) is 4.84 Å². The lowest BCUT2D eigenvalue weighted by Crippen LogP contribution is -2.31. The fraction of sp³-hybridized carbons (Fsp3) is 0.154. The summed E-state index contributed by atoms with van der Waals surface area (Å²) in [4.78, 5) is 11.0. The molecule has 2 aromatic carbocycles. The molecule has 0 spiro atoms. The Hall–Kier alpha value is -3.93. The van der Waals surface area contributed by atoms with E-state index in [0.717, 1.165) is 0 Å². The molecule has 0 saturated carbocycles. The van der Waals surface area contributed by atoms with Gasteiger partial charge in [-0.2, -0.15) is 37.7 Å². The zero-order chi connectivity index (χ0) is 27.1. The molecule has 1 aliphatic rings. The lowest BCUT2D eigenvalue weighted by atomic mass is 9.99. The first kappa shape index (κ1) is 25.7. The number of halogens is 7. The molecule has 0 radical (unpaired) electrons. The quantitative estimate of drug-likeness (QED) is 0.237. The van der Waals surface area contributed by atoms with Crippen molar-refractivity contribution in [3.63, 3.8) is 0 Å². The topological polar surface area (TPSA) is 37.7 Å². The zero-order valence-corrected chi connectivity index (χ0v) is 19.9.